The van der Waals surface area contributed by atoms with Gasteiger partial charge in [0.15, 0.2) is 5.78 Å². The summed E-state index contributed by atoms with van der Waals surface area (Å²) in [5.74, 6) is 0.419. The molecule has 0 unspecified atom stereocenters. The second-order valence-corrected chi connectivity index (χ2v) is 9.92. The van der Waals surface area contributed by atoms with Crippen LogP contribution in [0.15, 0.2) is 11.6 Å². The Bertz CT molecular complexity index is 739. The van der Waals surface area contributed by atoms with Crippen LogP contribution in [0.5, 0.6) is 0 Å². The predicted octanol–water partition coefficient (Wildman–Crippen LogP) is 3.99. The number of rotatable bonds is 2. The van der Waals surface area contributed by atoms with Crippen LogP contribution in [0.4, 0.5) is 0 Å². The van der Waals surface area contributed by atoms with E-state index < -0.39 is 0 Å². The minimum absolute atomic E-state index is 0.01000. The van der Waals surface area contributed by atoms with Crippen LogP contribution in [0, 0.1) is 28.6 Å². The van der Waals surface area contributed by atoms with Crippen molar-refractivity contribution in [2.75, 3.05) is 0 Å². The second-order valence-electron chi connectivity index (χ2n) is 9.92. The number of hydrogen-bond donors (Lipinski definition) is 0. The molecule has 4 rings (SSSR count). The fourth-order valence-electron chi connectivity index (χ4n) is 7.05. The molecule has 5 nitrogen and oxygen atoms in total. The molecule has 3 fully saturated rings. The maximum Gasteiger partial charge on any atom is 0.302 e. The van der Waals surface area contributed by atoms with Gasteiger partial charge in [-0.1, -0.05) is 19.4 Å². The summed E-state index contributed by atoms with van der Waals surface area (Å²) in [5.41, 5.74) is 1.09. The van der Waals surface area contributed by atoms with Crippen molar-refractivity contribution >= 4 is 17.7 Å². The third-order valence-electron chi connectivity index (χ3n) is 8.45. The number of carbonyl (C=O) groups is 3. The fraction of sp³-hybridized carbons (Fsp3) is 0.783. The minimum atomic E-state index is -0.245. The van der Waals surface area contributed by atoms with Crippen molar-refractivity contribution in [3.05, 3.63) is 11.6 Å². The standard InChI is InChI=1S/C23H32O5/c1-13(24)27-16-7-9-22(3)15(11-16)12-19(26)21-17-5-6-20(28-14(2)25)23(17,4)10-8-18(21)22/h12,16-18,20-21H,5-11H2,1-4H3/t16-,17+,18+,20-,21-,22+,23+/m0/s1. The van der Waals surface area contributed by atoms with Crippen molar-refractivity contribution in [2.45, 2.75) is 84.8 Å². The largest absolute Gasteiger partial charge is 0.462 e. The average Bonchev–Trinajstić information content (AvgIpc) is 2.92. The lowest BCUT2D eigenvalue weighted by Gasteiger charge is -2.56. The first-order valence-electron chi connectivity index (χ1n) is 10.7. The van der Waals surface area contributed by atoms with Crippen LogP contribution < -0.4 is 0 Å². The Balaban J connectivity index is 1.62. The highest BCUT2D eigenvalue weighted by molar-refractivity contribution is 5.94. The number of carbonyl (C=O) groups excluding carboxylic acids is 3. The van der Waals surface area contributed by atoms with E-state index in [0.717, 1.165) is 38.5 Å². The van der Waals surface area contributed by atoms with E-state index in [0.29, 0.717) is 12.3 Å². The average molecular weight is 389 g/mol. The van der Waals surface area contributed by atoms with E-state index in [4.69, 9.17) is 9.47 Å². The first kappa shape index (κ1) is 19.7. The number of ether oxygens (including phenoxy) is 2. The van der Waals surface area contributed by atoms with Crippen LogP contribution in [-0.4, -0.2) is 29.9 Å². The summed E-state index contributed by atoms with van der Waals surface area (Å²) in [4.78, 5) is 36.2. The molecule has 0 radical (unpaired) electrons. The smallest absolute Gasteiger partial charge is 0.302 e. The van der Waals surface area contributed by atoms with Gasteiger partial charge in [-0.15, -0.1) is 0 Å². The molecule has 0 saturated heterocycles. The number of fused-ring (bicyclic) bond motifs is 5. The molecule has 4 aliphatic rings. The monoisotopic (exact) mass is 388 g/mol. The van der Waals surface area contributed by atoms with Crippen LogP contribution in [0.2, 0.25) is 0 Å². The minimum Gasteiger partial charge on any atom is -0.462 e. The van der Waals surface area contributed by atoms with Crippen LogP contribution in [0.25, 0.3) is 0 Å². The fourth-order valence-corrected chi connectivity index (χ4v) is 7.05. The van der Waals surface area contributed by atoms with Gasteiger partial charge in [0.25, 0.3) is 0 Å². The Hall–Kier alpha value is -1.65. The van der Waals surface area contributed by atoms with E-state index in [1.54, 1.807) is 0 Å². The number of esters is 2. The third kappa shape index (κ3) is 2.93. The number of ketones is 1. The zero-order valence-corrected chi connectivity index (χ0v) is 17.5. The van der Waals surface area contributed by atoms with Gasteiger partial charge in [-0.3, -0.25) is 14.4 Å². The molecule has 5 heteroatoms. The highest BCUT2D eigenvalue weighted by Gasteiger charge is 2.61. The Morgan fingerprint density at radius 1 is 0.964 bits per heavy atom. The molecule has 28 heavy (non-hydrogen) atoms. The maximum atomic E-state index is 13.3. The van der Waals surface area contributed by atoms with Gasteiger partial charge in [0, 0.05) is 31.6 Å². The van der Waals surface area contributed by atoms with Crippen molar-refractivity contribution in [1.82, 2.24) is 0 Å². The molecule has 0 aromatic heterocycles. The first-order chi connectivity index (χ1) is 13.1. The summed E-state index contributed by atoms with van der Waals surface area (Å²) in [7, 11) is 0. The van der Waals surface area contributed by atoms with Crippen molar-refractivity contribution in [2.24, 2.45) is 28.6 Å². The van der Waals surface area contributed by atoms with Gasteiger partial charge >= 0.3 is 11.9 Å². The lowest BCUT2D eigenvalue weighted by molar-refractivity contribution is -0.158. The molecule has 0 aromatic rings. The Morgan fingerprint density at radius 2 is 1.68 bits per heavy atom. The first-order valence-corrected chi connectivity index (χ1v) is 10.7. The van der Waals surface area contributed by atoms with Gasteiger partial charge in [-0.2, -0.15) is 0 Å². The Morgan fingerprint density at radius 3 is 2.36 bits per heavy atom. The molecule has 0 bridgehead atoms. The van der Waals surface area contributed by atoms with Gasteiger partial charge in [0.1, 0.15) is 12.2 Å². The SMILES string of the molecule is CC(=O)O[C@H]1CC[C@]2(C)C(=CC(=O)[C@H]3[C@H]4CC[C@H](OC(C)=O)[C@]4(C)CC[C@H]32)C1. The van der Waals surface area contributed by atoms with E-state index in [9.17, 15) is 14.4 Å². The molecule has 0 aliphatic heterocycles. The summed E-state index contributed by atoms with van der Waals surface area (Å²) in [6, 6.07) is 0. The summed E-state index contributed by atoms with van der Waals surface area (Å²) in [6.45, 7) is 7.46. The summed E-state index contributed by atoms with van der Waals surface area (Å²) < 4.78 is 11.1. The van der Waals surface area contributed by atoms with Gasteiger partial charge in [-0.05, 0) is 61.9 Å². The van der Waals surface area contributed by atoms with Crippen molar-refractivity contribution in [3.63, 3.8) is 0 Å². The topological polar surface area (TPSA) is 69.7 Å². The van der Waals surface area contributed by atoms with E-state index in [1.165, 1.54) is 19.4 Å². The number of hydrogen-bond acceptors (Lipinski definition) is 5. The van der Waals surface area contributed by atoms with Crippen molar-refractivity contribution in [3.8, 4) is 0 Å². The van der Waals surface area contributed by atoms with Crippen LogP contribution >= 0.6 is 0 Å². The molecular weight excluding hydrogens is 356 g/mol. The molecule has 0 heterocycles. The lowest BCUT2D eigenvalue weighted by Crippen LogP contribution is -2.54. The molecule has 0 amide bonds. The van der Waals surface area contributed by atoms with Crippen LogP contribution in [0.3, 0.4) is 0 Å². The number of allylic oxidation sites excluding steroid dienone is 1. The molecule has 0 aromatic carbocycles. The molecule has 154 valence electrons. The molecule has 0 spiro atoms. The maximum absolute atomic E-state index is 13.3. The highest BCUT2D eigenvalue weighted by atomic mass is 16.5. The van der Waals surface area contributed by atoms with Crippen LogP contribution in [0.1, 0.15) is 72.6 Å². The molecular formula is C23H32O5. The van der Waals surface area contributed by atoms with E-state index in [-0.39, 0.29) is 52.6 Å². The predicted molar refractivity (Wildman–Crippen MR) is 103 cm³/mol. The van der Waals surface area contributed by atoms with Crippen molar-refractivity contribution in [1.29, 1.82) is 0 Å². The van der Waals surface area contributed by atoms with Gasteiger partial charge < -0.3 is 9.47 Å². The normalized spacial score (nSPS) is 44.6. The van der Waals surface area contributed by atoms with Crippen LogP contribution in [-0.2, 0) is 23.9 Å². The molecule has 4 aliphatic carbocycles. The summed E-state index contributed by atoms with van der Waals surface area (Å²) >= 11 is 0. The summed E-state index contributed by atoms with van der Waals surface area (Å²) in [5, 5.41) is 0. The molecule has 0 N–H and O–H groups in total. The van der Waals surface area contributed by atoms with Crippen molar-refractivity contribution < 1.29 is 23.9 Å². The van der Waals surface area contributed by atoms with Gasteiger partial charge in [-0.25, -0.2) is 0 Å². The quantitative estimate of drug-likeness (QED) is 0.669. The van der Waals surface area contributed by atoms with Gasteiger partial charge in [0.05, 0.1) is 0 Å². The second kappa shape index (κ2) is 6.70. The van der Waals surface area contributed by atoms with E-state index in [1.807, 2.05) is 6.08 Å². The Labute approximate surface area is 167 Å². The van der Waals surface area contributed by atoms with E-state index >= 15 is 0 Å². The summed E-state index contributed by atoms with van der Waals surface area (Å²) in [6.07, 6.45) is 8.02. The zero-order valence-electron chi connectivity index (χ0n) is 17.5. The molecule has 3 saturated carbocycles. The molecule has 7 atom stereocenters. The van der Waals surface area contributed by atoms with Gasteiger partial charge in [0.2, 0.25) is 0 Å². The Kier molecular flexibility index (Phi) is 4.71. The third-order valence-corrected chi connectivity index (χ3v) is 8.45. The highest BCUT2D eigenvalue weighted by Crippen LogP contribution is 2.64. The van der Waals surface area contributed by atoms with E-state index in [2.05, 4.69) is 13.8 Å². The zero-order chi connectivity index (χ0) is 20.3. The lowest BCUT2D eigenvalue weighted by atomic mass is 9.47.